The van der Waals surface area contributed by atoms with E-state index in [9.17, 15) is 5.11 Å². The third-order valence-electron chi connectivity index (χ3n) is 2.62. The molecule has 0 aliphatic carbocycles. The van der Waals surface area contributed by atoms with E-state index >= 15 is 0 Å². The van der Waals surface area contributed by atoms with Gasteiger partial charge in [0, 0.05) is 38.1 Å². The number of hydrogen-bond donors (Lipinski definition) is 2. The van der Waals surface area contributed by atoms with Gasteiger partial charge in [-0.15, -0.1) is 0 Å². The average molecular weight is 237 g/mol. The van der Waals surface area contributed by atoms with Crippen molar-refractivity contribution in [2.24, 2.45) is 0 Å². The van der Waals surface area contributed by atoms with Gasteiger partial charge in [-0.05, 0) is 25.8 Å². The zero-order valence-corrected chi connectivity index (χ0v) is 11.0. The number of aliphatic hydroxyl groups is 1. The maximum absolute atomic E-state index is 9.27. The predicted molar refractivity (Wildman–Crippen MR) is 72.6 cm³/mol. The van der Waals surface area contributed by atoms with Crippen molar-refractivity contribution >= 4 is 11.5 Å². The minimum Gasteiger partial charge on any atom is -0.393 e. The Morgan fingerprint density at radius 2 is 2.29 bits per heavy atom. The van der Waals surface area contributed by atoms with Crippen LogP contribution in [0.25, 0.3) is 0 Å². The van der Waals surface area contributed by atoms with Gasteiger partial charge >= 0.3 is 0 Å². The molecule has 1 atom stereocenters. The molecule has 0 aliphatic heterocycles. The van der Waals surface area contributed by atoms with Gasteiger partial charge in [-0.3, -0.25) is 0 Å². The molecule has 0 aliphatic rings. The summed E-state index contributed by atoms with van der Waals surface area (Å²) in [5, 5.41) is 12.5. The molecule has 1 rings (SSSR count). The van der Waals surface area contributed by atoms with E-state index in [0.717, 1.165) is 37.4 Å². The lowest BCUT2D eigenvalue weighted by Crippen LogP contribution is -2.22. The number of pyridine rings is 1. The summed E-state index contributed by atoms with van der Waals surface area (Å²) in [6, 6.07) is 4.02. The molecule has 0 fully saturated rings. The van der Waals surface area contributed by atoms with Crippen molar-refractivity contribution in [1.29, 1.82) is 0 Å². The molecule has 4 nitrogen and oxygen atoms in total. The molecule has 4 heteroatoms. The second-order valence-corrected chi connectivity index (χ2v) is 4.39. The molecule has 2 N–H and O–H groups in total. The summed E-state index contributed by atoms with van der Waals surface area (Å²) in [5.74, 6) is 0.910. The Hall–Kier alpha value is -1.29. The minimum atomic E-state index is -0.253. The van der Waals surface area contributed by atoms with Gasteiger partial charge in [0.25, 0.3) is 0 Å². The van der Waals surface area contributed by atoms with Crippen LogP contribution in [0.1, 0.15) is 26.7 Å². The van der Waals surface area contributed by atoms with Crippen molar-refractivity contribution in [3.8, 4) is 0 Å². The van der Waals surface area contributed by atoms with E-state index in [2.05, 4.69) is 22.1 Å². The van der Waals surface area contributed by atoms with Gasteiger partial charge in [-0.1, -0.05) is 6.92 Å². The average Bonchev–Trinajstić information content (AvgIpc) is 2.33. The molecule has 1 unspecified atom stereocenters. The van der Waals surface area contributed by atoms with Crippen LogP contribution in [0.15, 0.2) is 18.3 Å². The van der Waals surface area contributed by atoms with Gasteiger partial charge in [0.05, 0.1) is 6.10 Å². The zero-order chi connectivity index (χ0) is 12.7. The molecular formula is C13H23N3O. The molecule has 0 saturated heterocycles. The lowest BCUT2D eigenvalue weighted by molar-refractivity contribution is 0.187. The quantitative estimate of drug-likeness (QED) is 0.762. The number of aliphatic hydroxyl groups excluding tert-OH is 1. The Morgan fingerprint density at radius 1 is 1.53 bits per heavy atom. The summed E-state index contributed by atoms with van der Waals surface area (Å²) in [4.78, 5) is 6.40. The standard InChI is InChI=1S/C13H23N3O/c1-4-7-14-13-10-12(5-8-15-13)16(3)9-6-11(2)17/h5,8,10-11,17H,4,6-7,9H2,1-3H3,(H,14,15). The first-order valence-corrected chi connectivity index (χ1v) is 6.22. The van der Waals surface area contributed by atoms with E-state index < -0.39 is 0 Å². The summed E-state index contributed by atoms with van der Waals surface area (Å²) >= 11 is 0. The molecule has 1 aromatic heterocycles. The third-order valence-corrected chi connectivity index (χ3v) is 2.62. The van der Waals surface area contributed by atoms with Gasteiger partial charge in [0.15, 0.2) is 0 Å². The van der Waals surface area contributed by atoms with E-state index in [1.807, 2.05) is 32.3 Å². The molecule has 96 valence electrons. The van der Waals surface area contributed by atoms with Crippen LogP contribution < -0.4 is 10.2 Å². The Morgan fingerprint density at radius 3 is 2.94 bits per heavy atom. The van der Waals surface area contributed by atoms with Crippen LogP contribution in [0, 0.1) is 0 Å². The highest BCUT2D eigenvalue weighted by Crippen LogP contribution is 2.16. The highest BCUT2D eigenvalue weighted by atomic mass is 16.3. The molecular weight excluding hydrogens is 214 g/mol. The van der Waals surface area contributed by atoms with Crippen molar-refractivity contribution in [3.63, 3.8) is 0 Å². The second-order valence-electron chi connectivity index (χ2n) is 4.39. The summed E-state index contributed by atoms with van der Waals surface area (Å²) in [6.45, 7) is 5.73. The molecule has 1 heterocycles. The van der Waals surface area contributed by atoms with Crippen molar-refractivity contribution in [1.82, 2.24) is 4.98 Å². The van der Waals surface area contributed by atoms with E-state index in [1.165, 1.54) is 0 Å². The van der Waals surface area contributed by atoms with Crippen molar-refractivity contribution in [3.05, 3.63) is 18.3 Å². The van der Waals surface area contributed by atoms with Crippen LogP contribution in [0.2, 0.25) is 0 Å². The number of nitrogens with zero attached hydrogens (tertiary/aromatic N) is 2. The maximum atomic E-state index is 9.27. The van der Waals surface area contributed by atoms with Crippen molar-refractivity contribution in [2.75, 3.05) is 30.4 Å². The Kier molecular flexibility index (Phi) is 5.77. The second kappa shape index (κ2) is 7.12. The fourth-order valence-corrected chi connectivity index (χ4v) is 1.52. The lowest BCUT2D eigenvalue weighted by Gasteiger charge is -2.20. The zero-order valence-electron chi connectivity index (χ0n) is 11.0. The van der Waals surface area contributed by atoms with Crippen molar-refractivity contribution in [2.45, 2.75) is 32.8 Å². The minimum absolute atomic E-state index is 0.253. The van der Waals surface area contributed by atoms with Gasteiger partial charge < -0.3 is 15.3 Å². The summed E-state index contributed by atoms with van der Waals surface area (Å²) in [5.41, 5.74) is 1.12. The van der Waals surface area contributed by atoms with Gasteiger partial charge in [-0.25, -0.2) is 4.98 Å². The molecule has 0 aromatic carbocycles. The maximum Gasteiger partial charge on any atom is 0.127 e. The van der Waals surface area contributed by atoms with Crippen molar-refractivity contribution < 1.29 is 5.11 Å². The number of rotatable bonds is 7. The Labute approximate surface area is 104 Å². The van der Waals surface area contributed by atoms with Gasteiger partial charge in [0.1, 0.15) is 5.82 Å². The van der Waals surface area contributed by atoms with E-state index in [1.54, 1.807) is 0 Å². The summed E-state index contributed by atoms with van der Waals surface area (Å²) in [7, 11) is 2.03. The monoisotopic (exact) mass is 237 g/mol. The first kappa shape index (κ1) is 13.8. The first-order valence-electron chi connectivity index (χ1n) is 6.22. The highest BCUT2D eigenvalue weighted by Gasteiger charge is 2.04. The first-order chi connectivity index (χ1) is 8.13. The number of hydrogen-bond acceptors (Lipinski definition) is 4. The van der Waals surface area contributed by atoms with Crippen LogP contribution >= 0.6 is 0 Å². The van der Waals surface area contributed by atoms with Crippen LogP contribution in [0.5, 0.6) is 0 Å². The number of aromatic nitrogens is 1. The highest BCUT2D eigenvalue weighted by molar-refractivity contribution is 5.53. The molecule has 1 aromatic rings. The molecule has 0 radical (unpaired) electrons. The molecule has 0 spiro atoms. The SMILES string of the molecule is CCCNc1cc(N(C)CCC(C)O)ccn1. The molecule has 0 amide bonds. The fourth-order valence-electron chi connectivity index (χ4n) is 1.52. The van der Waals surface area contributed by atoms with E-state index in [0.29, 0.717) is 0 Å². The van der Waals surface area contributed by atoms with Crippen LogP contribution in [0.3, 0.4) is 0 Å². The lowest BCUT2D eigenvalue weighted by atomic mass is 10.2. The topological polar surface area (TPSA) is 48.4 Å². The molecule has 0 bridgehead atoms. The third kappa shape index (κ3) is 5.04. The fraction of sp³-hybridized carbons (Fsp3) is 0.615. The van der Waals surface area contributed by atoms with Gasteiger partial charge in [-0.2, -0.15) is 0 Å². The summed E-state index contributed by atoms with van der Waals surface area (Å²) in [6.07, 6.45) is 3.42. The Balaban J connectivity index is 2.57. The van der Waals surface area contributed by atoms with Gasteiger partial charge in [0.2, 0.25) is 0 Å². The smallest absolute Gasteiger partial charge is 0.127 e. The largest absolute Gasteiger partial charge is 0.393 e. The number of nitrogens with one attached hydrogen (secondary N) is 1. The predicted octanol–water partition coefficient (Wildman–Crippen LogP) is 2.11. The van der Waals surface area contributed by atoms with Crippen LogP contribution in [-0.2, 0) is 0 Å². The molecule has 0 saturated carbocycles. The normalized spacial score (nSPS) is 12.2. The number of anilines is 2. The van der Waals surface area contributed by atoms with E-state index in [-0.39, 0.29) is 6.10 Å². The summed E-state index contributed by atoms with van der Waals surface area (Å²) < 4.78 is 0. The van der Waals surface area contributed by atoms with E-state index in [4.69, 9.17) is 0 Å². The van der Waals surface area contributed by atoms with Crippen LogP contribution in [0.4, 0.5) is 11.5 Å². The molecule has 17 heavy (non-hydrogen) atoms. The van der Waals surface area contributed by atoms with Crippen LogP contribution in [-0.4, -0.2) is 36.3 Å². The Bertz CT molecular complexity index is 328.